The fourth-order valence-corrected chi connectivity index (χ4v) is 8.27. The number of amides is 1. The van der Waals surface area contributed by atoms with Crippen LogP contribution >= 0.6 is 0 Å². The molecule has 3 aliphatic rings. The van der Waals surface area contributed by atoms with E-state index in [0.717, 1.165) is 11.4 Å². The average molecular weight is 817 g/mol. The first kappa shape index (κ1) is 38.8. The number of benzene rings is 3. The largest absolute Gasteiger partial charge is 0.384 e. The Labute approximate surface area is 342 Å². The van der Waals surface area contributed by atoms with Crippen LogP contribution in [0.1, 0.15) is 46.6 Å². The van der Waals surface area contributed by atoms with Gasteiger partial charge in [-0.15, -0.1) is 6.58 Å². The normalized spacial score (nSPS) is 15.6. The van der Waals surface area contributed by atoms with Gasteiger partial charge < -0.3 is 30.9 Å². The standard InChI is InChI=1S/C44H43F3N10O3/c1-4-14-56-42(59)31-23-49-43(53-40(31)57(56)37-7-5-6-36(52-37)44(2,3)60)50-27-8-10-28(11-9-27)55-17-15-54(16-18-55)24-32-33(46)19-25(20-34(32)47)39-29-12-13-48-41(58)30-21-26(45)22-35(51-39)38(29)30/h4-11,19-22,51,60H,1,12-18,23-24H2,2-3H3,(H,48,58)(H2,49,50,53). The number of anilines is 3. The first-order valence-electron chi connectivity index (χ1n) is 19.8. The Morgan fingerprint density at radius 2 is 1.72 bits per heavy atom. The van der Waals surface area contributed by atoms with Crippen LogP contribution in [0.5, 0.6) is 0 Å². The minimum absolute atomic E-state index is 0.0207. The summed E-state index contributed by atoms with van der Waals surface area (Å²) in [5.41, 5.74) is 3.37. The third-order valence-electron chi connectivity index (χ3n) is 11.3. The Kier molecular flexibility index (Phi) is 9.83. The number of nitrogens with one attached hydrogen (secondary N) is 4. The number of aromatic nitrogens is 4. The van der Waals surface area contributed by atoms with Gasteiger partial charge in [-0.05, 0) is 86.5 Å². The van der Waals surface area contributed by atoms with Crippen LogP contribution in [-0.4, -0.2) is 73.9 Å². The van der Waals surface area contributed by atoms with Crippen molar-refractivity contribution in [1.82, 2.24) is 29.5 Å². The van der Waals surface area contributed by atoms with Gasteiger partial charge in [0.25, 0.3) is 11.5 Å². The van der Waals surface area contributed by atoms with E-state index in [1.807, 2.05) is 29.2 Å². The molecule has 6 heterocycles. The van der Waals surface area contributed by atoms with Crippen molar-refractivity contribution >= 4 is 40.0 Å². The van der Waals surface area contributed by atoms with Gasteiger partial charge in [0.1, 0.15) is 28.9 Å². The van der Waals surface area contributed by atoms with Crippen LogP contribution in [0.25, 0.3) is 28.0 Å². The summed E-state index contributed by atoms with van der Waals surface area (Å²) >= 11 is 0. The molecule has 308 valence electrons. The second kappa shape index (κ2) is 15.2. The average Bonchev–Trinajstić information content (AvgIpc) is 3.66. The van der Waals surface area contributed by atoms with Crippen LogP contribution < -0.4 is 26.4 Å². The lowest BCUT2D eigenvalue weighted by molar-refractivity contribution is 0.0737. The van der Waals surface area contributed by atoms with E-state index in [1.165, 1.54) is 28.9 Å². The lowest BCUT2D eigenvalue weighted by Gasteiger charge is -2.36. The summed E-state index contributed by atoms with van der Waals surface area (Å²) in [6.45, 7) is 10.4. The molecule has 0 saturated carbocycles. The molecule has 0 spiro atoms. The highest BCUT2D eigenvalue weighted by atomic mass is 19.1. The van der Waals surface area contributed by atoms with Crippen molar-refractivity contribution in [3.05, 3.63) is 135 Å². The molecule has 9 rings (SSSR count). The van der Waals surface area contributed by atoms with Crippen molar-refractivity contribution < 1.29 is 23.1 Å². The number of guanidine groups is 1. The van der Waals surface area contributed by atoms with Gasteiger partial charge in [0.05, 0.1) is 29.9 Å². The highest BCUT2D eigenvalue weighted by Gasteiger charge is 2.28. The lowest BCUT2D eigenvalue weighted by Crippen LogP contribution is -2.46. The van der Waals surface area contributed by atoms with Crippen LogP contribution in [0.15, 0.2) is 89.2 Å². The number of piperazine rings is 1. The van der Waals surface area contributed by atoms with Gasteiger partial charge in [0.2, 0.25) is 5.96 Å². The van der Waals surface area contributed by atoms with Gasteiger partial charge in [0.15, 0.2) is 5.82 Å². The van der Waals surface area contributed by atoms with Gasteiger partial charge in [-0.25, -0.2) is 32.5 Å². The molecule has 3 aliphatic heterocycles. The van der Waals surface area contributed by atoms with Gasteiger partial charge >= 0.3 is 0 Å². The summed E-state index contributed by atoms with van der Waals surface area (Å²) in [5, 5.41) is 20.5. The van der Waals surface area contributed by atoms with Gasteiger partial charge in [-0.2, -0.15) is 0 Å². The topological polar surface area (TPSA) is 148 Å². The van der Waals surface area contributed by atoms with Crippen LogP contribution in [-0.2, 0) is 31.7 Å². The minimum atomic E-state index is -1.18. The van der Waals surface area contributed by atoms with E-state index in [1.54, 1.807) is 42.8 Å². The molecular formula is C44H43F3N10O3. The molecule has 3 aromatic carbocycles. The van der Waals surface area contributed by atoms with Gasteiger partial charge in [-0.3, -0.25) is 14.5 Å². The van der Waals surface area contributed by atoms with Crippen molar-refractivity contribution in [3.8, 4) is 17.1 Å². The zero-order valence-corrected chi connectivity index (χ0v) is 33.1. The third kappa shape index (κ3) is 7.11. The Bertz CT molecular complexity index is 2750. The zero-order chi connectivity index (χ0) is 41.9. The Hall–Kier alpha value is -6.65. The number of halogens is 3. The number of carbonyl (C=O) groups excluding carboxylic acids is 1. The molecule has 6 aromatic rings. The summed E-state index contributed by atoms with van der Waals surface area (Å²) < 4.78 is 49.0. The molecule has 3 aromatic heterocycles. The predicted octanol–water partition coefficient (Wildman–Crippen LogP) is 6.01. The van der Waals surface area contributed by atoms with Crippen LogP contribution in [0, 0.1) is 17.5 Å². The number of hydrogen-bond acceptors (Lipinski definition) is 9. The van der Waals surface area contributed by atoms with Gasteiger partial charge in [0, 0.05) is 78.4 Å². The summed E-state index contributed by atoms with van der Waals surface area (Å²) in [6, 6.07) is 18.3. The number of carbonyl (C=O) groups is 1. The molecule has 1 amide bonds. The maximum Gasteiger partial charge on any atom is 0.274 e. The summed E-state index contributed by atoms with van der Waals surface area (Å²) in [7, 11) is 0. The molecule has 0 aliphatic carbocycles. The van der Waals surface area contributed by atoms with Crippen molar-refractivity contribution in [2.75, 3.05) is 48.3 Å². The van der Waals surface area contributed by atoms with Crippen LogP contribution in [0.4, 0.5) is 30.4 Å². The smallest absolute Gasteiger partial charge is 0.274 e. The number of fused-ring (bicyclic) bond motifs is 1. The van der Waals surface area contributed by atoms with E-state index in [9.17, 15) is 19.1 Å². The maximum absolute atomic E-state index is 15.7. The number of hydrogen-bond donors (Lipinski definition) is 5. The highest BCUT2D eigenvalue weighted by Crippen LogP contribution is 2.36. The first-order valence-corrected chi connectivity index (χ1v) is 19.8. The van der Waals surface area contributed by atoms with Crippen molar-refractivity contribution in [2.45, 2.75) is 45.5 Å². The third-order valence-corrected chi connectivity index (χ3v) is 11.3. The Balaban J connectivity index is 0.851. The van der Waals surface area contributed by atoms with E-state index in [4.69, 9.17) is 0 Å². The number of aromatic amines is 1. The molecule has 0 unspecified atom stereocenters. The molecule has 5 N–H and O–H groups in total. The Morgan fingerprint density at radius 1 is 0.967 bits per heavy atom. The molecule has 0 radical (unpaired) electrons. The minimum Gasteiger partial charge on any atom is -0.384 e. The van der Waals surface area contributed by atoms with Crippen molar-refractivity contribution in [3.63, 3.8) is 0 Å². The highest BCUT2D eigenvalue weighted by molar-refractivity contribution is 6.10. The summed E-state index contributed by atoms with van der Waals surface area (Å²) in [6.07, 6.45) is 2.06. The monoisotopic (exact) mass is 816 g/mol. The zero-order valence-electron chi connectivity index (χ0n) is 33.1. The number of nitrogens with zero attached hydrogens (tertiary/aromatic N) is 6. The summed E-state index contributed by atoms with van der Waals surface area (Å²) in [5.74, 6) is -0.870. The second-order valence-electron chi connectivity index (χ2n) is 15.8. The molecule has 0 atom stereocenters. The van der Waals surface area contributed by atoms with Crippen molar-refractivity contribution in [2.24, 2.45) is 4.99 Å². The van der Waals surface area contributed by atoms with E-state index < -0.39 is 23.1 Å². The number of pyridine rings is 1. The molecule has 13 nitrogen and oxygen atoms in total. The lowest BCUT2D eigenvalue weighted by atomic mass is 9.99. The second-order valence-corrected chi connectivity index (χ2v) is 15.8. The number of allylic oxidation sites excluding steroid dienone is 1. The van der Waals surface area contributed by atoms with Crippen LogP contribution in [0.3, 0.4) is 0 Å². The Morgan fingerprint density at radius 3 is 2.43 bits per heavy atom. The molecule has 0 bridgehead atoms. The number of rotatable bonds is 9. The molecule has 60 heavy (non-hydrogen) atoms. The first-order chi connectivity index (χ1) is 28.9. The van der Waals surface area contributed by atoms with E-state index in [0.29, 0.717) is 95.7 Å². The summed E-state index contributed by atoms with van der Waals surface area (Å²) in [4.78, 5) is 42.7. The van der Waals surface area contributed by atoms with E-state index in [2.05, 4.69) is 42.4 Å². The number of aliphatic hydroxyl groups is 1. The molecule has 1 fully saturated rings. The number of aliphatic imine (C=N–C) groups is 1. The predicted molar refractivity (Wildman–Crippen MR) is 225 cm³/mol. The van der Waals surface area contributed by atoms with Crippen molar-refractivity contribution in [1.29, 1.82) is 0 Å². The molecular weight excluding hydrogens is 774 g/mol. The molecule has 16 heteroatoms. The SMILES string of the molecule is C=CCn1c(=O)c2c(n1-c1cccc(C(C)(C)O)n1)NC(Nc1ccc(N3CCN(Cc4c(F)cc(-c5[nH]c6cc(F)cc7c6c5CCNC7=O)cc4F)CC3)cc1)=NC2. The van der Waals surface area contributed by atoms with E-state index >= 15 is 8.78 Å². The van der Waals surface area contributed by atoms with Gasteiger partial charge in [-0.1, -0.05) is 12.1 Å². The fourth-order valence-electron chi connectivity index (χ4n) is 8.27. The van der Waals surface area contributed by atoms with Crippen LogP contribution in [0.2, 0.25) is 0 Å². The maximum atomic E-state index is 15.7. The van der Waals surface area contributed by atoms with E-state index in [-0.39, 0.29) is 42.2 Å². The number of H-pyrrole nitrogens is 1. The quantitative estimate of drug-likeness (QED) is 0.112. The molecule has 1 saturated heterocycles. The fraction of sp³-hybridized carbons (Fsp3) is 0.273.